The average Bonchev–Trinajstić information content (AvgIpc) is 3.26. The summed E-state index contributed by atoms with van der Waals surface area (Å²) in [6, 6.07) is 17.9. The van der Waals surface area contributed by atoms with Crippen molar-refractivity contribution in [3.8, 4) is 5.82 Å². The summed E-state index contributed by atoms with van der Waals surface area (Å²) in [5.74, 6) is 2.03. The van der Waals surface area contributed by atoms with Crippen LogP contribution in [0, 0.1) is 20.8 Å². The van der Waals surface area contributed by atoms with E-state index in [0.717, 1.165) is 33.8 Å². The summed E-state index contributed by atoms with van der Waals surface area (Å²) in [7, 11) is 0. The normalized spacial score (nSPS) is 11.0. The van der Waals surface area contributed by atoms with E-state index in [2.05, 4.69) is 27.3 Å². The van der Waals surface area contributed by atoms with Gasteiger partial charge in [-0.3, -0.25) is 4.79 Å². The first-order valence-electron chi connectivity index (χ1n) is 9.74. The maximum atomic E-state index is 13.0. The average molecular weight is 418 g/mol. The van der Waals surface area contributed by atoms with Gasteiger partial charge < -0.3 is 9.13 Å². The minimum atomic E-state index is 0.0715. The SMILES string of the molecule is Cc1nnc(SCC(=O)c2cc(C)n(-c3ccccn3)c2C)n1Cc1ccccc1. The van der Waals surface area contributed by atoms with Crippen LogP contribution < -0.4 is 0 Å². The number of benzene rings is 1. The summed E-state index contributed by atoms with van der Waals surface area (Å²) < 4.78 is 4.06. The number of carbonyl (C=O) groups excluding carboxylic acids is 1. The van der Waals surface area contributed by atoms with Crippen LogP contribution in [0.2, 0.25) is 0 Å². The standard InChI is InChI=1S/C23H23N5OS/c1-16-13-20(17(2)28(16)22-11-7-8-12-24-22)21(29)15-30-23-26-25-18(3)27(23)14-19-9-5-4-6-10-19/h4-13H,14-15H2,1-3H3. The molecule has 0 aliphatic carbocycles. The zero-order valence-corrected chi connectivity index (χ0v) is 18.1. The van der Waals surface area contributed by atoms with Gasteiger partial charge in [0, 0.05) is 23.1 Å². The van der Waals surface area contributed by atoms with Gasteiger partial charge >= 0.3 is 0 Å². The van der Waals surface area contributed by atoms with Gasteiger partial charge in [0.05, 0.1) is 12.3 Å². The lowest BCUT2D eigenvalue weighted by Gasteiger charge is -2.09. The van der Waals surface area contributed by atoms with Gasteiger partial charge in [0.15, 0.2) is 10.9 Å². The molecule has 0 unspecified atom stereocenters. The van der Waals surface area contributed by atoms with Crippen molar-refractivity contribution in [3.63, 3.8) is 0 Å². The van der Waals surface area contributed by atoms with Crippen molar-refractivity contribution in [2.24, 2.45) is 0 Å². The number of aryl methyl sites for hydroxylation is 2. The lowest BCUT2D eigenvalue weighted by Crippen LogP contribution is -2.08. The van der Waals surface area contributed by atoms with Crippen molar-refractivity contribution in [1.29, 1.82) is 0 Å². The number of hydrogen-bond donors (Lipinski definition) is 0. The summed E-state index contributed by atoms with van der Waals surface area (Å²) in [6.07, 6.45) is 1.76. The van der Waals surface area contributed by atoms with E-state index in [1.807, 2.05) is 72.4 Å². The molecule has 6 nitrogen and oxygen atoms in total. The first kappa shape index (κ1) is 20.1. The van der Waals surface area contributed by atoms with Crippen LogP contribution in [0.25, 0.3) is 5.82 Å². The predicted octanol–water partition coefficient (Wildman–Crippen LogP) is 4.41. The first-order chi connectivity index (χ1) is 14.5. The van der Waals surface area contributed by atoms with Crippen LogP contribution in [-0.2, 0) is 6.54 Å². The number of rotatable bonds is 7. The number of carbonyl (C=O) groups is 1. The largest absolute Gasteiger partial charge is 0.302 e. The molecule has 3 heterocycles. The topological polar surface area (TPSA) is 65.6 Å². The van der Waals surface area contributed by atoms with Crippen molar-refractivity contribution >= 4 is 17.5 Å². The van der Waals surface area contributed by atoms with Gasteiger partial charge in [0.25, 0.3) is 0 Å². The molecule has 4 aromatic rings. The molecular formula is C23H23N5OS. The lowest BCUT2D eigenvalue weighted by molar-refractivity contribution is 0.102. The molecule has 0 bridgehead atoms. The minimum absolute atomic E-state index is 0.0715. The fraction of sp³-hybridized carbons (Fsp3) is 0.217. The Morgan fingerprint density at radius 3 is 2.50 bits per heavy atom. The third-order valence-electron chi connectivity index (χ3n) is 5.03. The Bertz CT molecular complexity index is 1170. The number of hydrogen-bond acceptors (Lipinski definition) is 5. The van der Waals surface area contributed by atoms with Crippen LogP contribution in [0.5, 0.6) is 0 Å². The van der Waals surface area contributed by atoms with Gasteiger partial charge in [-0.15, -0.1) is 10.2 Å². The van der Waals surface area contributed by atoms with Gasteiger partial charge in [-0.05, 0) is 44.5 Å². The Morgan fingerprint density at radius 2 is 1.77 bits per heavy atom. The molecule has 0 fully saturated rings. The van der Waals surface area contributed by atoms with E-state index in [1.165, 1.54) is 17.3 Å². The van der Waals surface area contributed by atoms with E-state index in [4.69, 9.17) is 0 Å². The molecule has 152 valence electrons. The first-order valence-corrected chi connectivity index (χ1v) is 10.7. The molecule has 0 saturated carbocycles. The number of Topliss-reactive ketones (excluding diaryl/α,β-unsaturated/α-hetero) is 1. The lowest BCUT2D eigenvalue weighted by atomic mass is 10.2. The Kier molecular flexibility index (Phi) is 5.81. The molecule has 0 N–H and O–H groups in total. The van der Waals surface area contributed by atoms with Crippen molar-refractivity contribution in [1.82, 2.24) is 24.3 Å². The van der Waals surface area contributed by atoms with Crippen LogP contribution in [0.3, 0.4) is 0 Å². The minimum Gasteiger partial charge on any atom is -0.302 e. The summed E-state index contributed by atoms with van der Waals surface area (Å²) in [5.41, 5.74) is 3.78. The van der Waals surface area contributed by atoms with Gasteiger partial charge in [-0.25, -0.2) is 4.98 Å². The Balaban J connectivity index is 1.51. The number of thioether (sulfide) groups is 1. The molecule has 0 aliphatic rings. The molecule has 1 aromatic carbocycles. The summed E-state index contributed by atoms with van der Waals surface area (Å²) >= 11 is 1.42. The Morgan fingerprint density at radius 1 is 1.00 bits per heavy atom. The summed E-state index contributed by atoms with van der Waals surface area (Å²) in [6.45, 7) is 6.57. The molecule has 0 spiro atoms. The van der Waals surface area contributed by atoms with Gasteiger partial charge in [0.2, 0.25) is 0 Å². The van der Waals surface area contributed by atoms with Gasteiger partial charge in [-0.1, -0.05) is 48.2 Å². The molecule has 7 heteroatoms. The second-order valence-electron chi connectivity index (χ2n) is 7.12. The van der Waals surface area contributed by atoms with Gasteiger partial charge in [0.1, 0.15) is 11.6 Å². The van der Waals surface area contributed by atoms with E-state index in [9.17, 15) is 4.79 Å². The fourth-order valence-electron chi connectivity index (χ4n) is 3.51. The number of aromatic nitrogens is 5. The number of ketones is 1. The summed E-state index contributed by atoms with van der Waals surface area (Å²) in [4.78, 5) is 17.4. The van der Waals surface area contributed by atoms with E-state index in [-0.39, 0.29) is 5.78 Å². The summed E-state index contributed by atoms with van der Waals surface area (Å²) in [5, 5.41) is 9.24. The van der Waals surface area contributed by atoms with E-state index in [0.29, 0.717) is 12.3 Å². The predicted molar refractivity (Wildman–Crippen MR) is 118 cm³/mol. The van der Waals surface area contributed by atoms with E-state index < -0.39 is 0 Å². The highest BCUT2D eigenvalue weighted by atomic mass is 32.2. The van der Waals surface area contributed by atoms with Crippen LogP contribution in [0.15, 0.2) is 66.0 Å². The highest BCUT2D eigenvalue weighted by Gasteiger charge is 2.19. The molecule has 0 saturated heterocycles. The maximum absolute atomic E-state index is 13.0. The molecule has 0 atom stereocenters. The maximum Gasteiger partial charge on any atom is 0.191 e. The third-order valence-corrected chi connectivity index (χ3v) is 5.99. The van der Waals surface area contributed by atoms with E-state index >= 15 is 0 Å². The monoisotopic (exact) mass is 417 g/mol. The van der Waals surface area contributed by atoms with Crippen LogP contribution in [-0.4, -0.2) is 35.9 Å². The van der Waals surface area contributed by atoms with E-state index in [1.54, 1.807) is 6.20 Å². The third kappa shape index (κ3) is 4.07. The highest BCUT2D eigenvalue weighted by Crippen LogP contribution is 2.24. The molecule has 0 amide bonds. The van der Waals surface area contributed by atoms with Crippen molar-refractivity contribution in [3.05, 3.63) is 89.1 Å². The highest BCUT2D eigenvalue weighted by molar-refractivity contribution is 7.99. The van der Waals surface area contributed by atoms with Crippen molar-refractivity contribution in [2.45, 2.75) is 32.5 Å². The zero-order chi connectivity index (χ0) is 21.1. The fourth-order valence-corrected chi connectivity index (χ4v) is 4.37. The van der Waals surface area contributed by atoms with Gasteiger partial charge in [-0.2, -0.15) is 0 Å². The molecule has 0 aliphatic heterocycles. The molecule has 3 aromatic heterocycles. The Labute approximate surface area is 180 Å². The van der Waals surface area contributed by atoms with Crippen molar-refractivity contribution < 1.29 is 4.79 Å². The van der Waals surface area contributed by atoms with Crippen LogP contribution >= 0.6 is 11.8 Å². The van der Waals surface area contributed by atoms with Crippen molar-refractivity contribution in [2.75, 3.05) is 5.75 Å². The van der Waals surface area contributed by atoms with Crippen LogP contribution in [0.1, 0.15) is 33.1 Å². The second-order valence-corrected chi connectivity index (χ2v) is 8.06. The van der Waals surface area contributed by atoms with Crippen LogP contribution in [0.4, 0.5) is 0 Å². The second kappa shape index (κ2) is 8.67. The number of pyridine rings is 1. The quantitative estimate of drug-likeness (QED) is 0.329. The zero-order valence-electron chi connectivity index (χ0n) is 17.2. The molecular weight excluding hydrogens is 394 g/mol. The Hall–Kier alpha value is -3.19. The molecule has 4 rings (SSSR count). The smallest absolute Gasteiger partial charge is 0.191 e. The molecule has 0 radical (unpaired) electrons. The molecule has 30 heavy (non-hydrogen) atoms. The number of nitrogens with zero attached hydrogens (tertiary/aromatic N) is 5.